The van der Waals surface area contributed by atoms with Gasteiger partial charge in [0.25, 0.3) is 0 Å². The van der Waals surface area contributed by atoms with Gasteiger partial charge in [-0.3, -0.25) is 0 Å². The molecule has 0 spiro atoms. The van der Waals surface area contributed by atoms with Gasteiger partial charge in [-0.15, -0.1) is 0 Å². The summed E-state index contributed by atoms with van der Waals surface area (Å²) < 4.78 is 0. The third-order valence-electron chi connectivity index (χ3n) is 2.52. The van der Waals surface area contributed by atoms with E-state index in [0.29, 0.717) is 6.54 Å². The summed E-state index contributed by atoms with van der Waals surface area (Å²) in [5.41, 5.74) is 0.833. The molecule has 0 aromatic heterocycles. The molecule has 3 N–H and O–H groups in total. The molecule has 1 saturated heterocycles. The van der Waals surface area contributed by atoms with E-state index in [0.717, 1.165) is 12.1 Å². The predicted octanol–water partition coefficient (Wildman–Crippen LogP) is 0.440. The summed E-state index contributed by atoms with van der Waals surface area (Å²) >= 11 is 0. The fourth-order valence-electron chi connectivity index (χ4n) is 1.78. The molecule has 0 unspecified atom stereocenters. The van der Waals surface area contributed by atoms with Crippen molar-refractivity contribution in [1.29, 1.82) is 0 Å². The fraction of sp³-hybridized carbons (Fsp3) is 0.400. The molecule has 1 fully saturated rings. The van der Waals surface area contributed by atoms with Gasteiger partial charge in [0.05, 0.1) is 6.10 Å². The van der Waals surface area contributed by atoms with Crippen molar-refractivity contribution in [2.45, 2.75) is 12.0 Å². The van der Waals surface area contributed by atoms with Crippen LogP contribution in [0.3, 0.4) is 0 Å². The highest BCUT2D eigenvalue weighted by Crippen LogP contribution is 2.29. The molecule has 1 heterocycles. The second kappa shape index (κ2) is 3.36. The van der Waals surface area contributed by atoms with Crippen molar-refractivity contribution >= 4 is 0 Å². The average molecular weight is 179 g/mol. The molecule has 2 rings (SSSR count). The number of aliphatic hydroxyl groups excluding tert-OH is 1. The van der Waals surface area contributed by atoms with Crippen molar-refractivity contribution in [3.8, 4) is 5.75 Å². The second-order valence-corrected chi connectivity index (χ2v) is 3.39. The van der Waals surface area contributed by atoms with Crippen LogP contribution in [0.1, 0.15) is 11.5 Å². The lowest BCUT2D eigenvalue weighted by atomic mass is 9.95. The average Bonchev–Trinajstić information content (AvgIpc) is 2.52. The molecule has 1 aliphatic rings. The summed E-state index contributed by atoms with van der Waals surface area (Å²) in [6.45, 7) is 1.34. The first-order valence-corrected chi connectivity index (χ1v) is 4.45. The molecule has 70 valence electrons. The van der Waals surface area contributed by atoms with E-state index >= 15 is 0 Å². The monoisotopic (exact) mass is 179 g/mol. The minimum absolute atomic E-state index is 0.0289. The Kier molecular flexibility index (Phi) is 2.20. The Labute approximate surface area is 77.0 Å². The van der Waals surface area contributed by atoms with Gasteiger partial charge in [0.2, 0.25) is 0 Å². The molecule has 0 saturated carbocycles. The first-order chi connectivity index (χ1) is 6.29. The molecule has 1 aromatic carbocycles. The summed E-state index contributed by atoms with van der Waals surface area (Å²) in [6, 6.07) is 7.17. The van der Waals surface area contributed by atoms with E-state index in [1.807, 2.05) is 12.1 Å². The first-order valence-electron chi connectivity index (χ1n) is 4.45. The van der Waals surface area contributed by atoms with Crippen LogP contribution in [0, 0.1) is 0 Å². The highest BCUT2D eigenvalue weighted by Gasteiger charge is 2.27. The number of rotatable bonds is 1. The Morgan fingerprint density at radius 1 is 1.23 bits per heavy atom. The van der Waals surface area contributed by atoms with Crippen molar-refractivity contribution in [2.75, 3.05) is 13.1 Å². The topological polar surface area (TPSA) is 52.5 Å². The van der Waals surface area contributed by atoms with Gasteiger partial charge >= 0.3 is 0 Å². The maximum Gasteiger partial charge on any atom is 0.119 e. The van der Waals surface area contributed by atoms with Crippen LogP contribution in [0.25, 0.3) is 0 Å². The summed E-state index contributed by atoms with van der Waals surface area (Å²) in [5, 5.41) is 22.2. The molecule has 1 aliphatic heterocycles. The van der Waals surface area contributed by atoms with E-state index in [2.05, 4.69) is 5.32 Å². The van der Waals surface area contributed by atoms with Gasteiger partial charge in [0.15, 0.2) is 0 Å². The number of phenols is 1. The quantitative estimate of drug-likeness (QED) is 0.586. The maximum atomic E-state index is 9.59. The van der Waals surface area contributed by atoms with E-state index in [4.69, 9.17) is 0 Å². The summed E-state index contributed by atoms with van der Waals surface area (Å²) in [7, 11) is 0. The molecule has 1 aromatic rings. The van der Waals surface area contributed by atoms with E-state index in [-0.39, 0.29) is 17.8 Å². The standard InChI is InChI=1S/C10H13NO2/c12-9-4-2-1-3-7(9)8-5-11-6-10(8)13/h1-4,8,10-13H,5-6H2/t8-,10+/m0/s1. The van der Waals surface area contributed by atoms with Crippen LogP contribution in [0.2, 0.25) is 0 Å². The third-order valence-corrected chi connectivity index (χ3v) is 2.52. The van der Waals surface area contributed by atoms with Gasteiger partial charge in [-0.05, 0) is 6.07 Å². The van der Waals surface area contributed by atoms with E-state index in [9.17, 15) is 10.2 Å². The smallest absolute Gasteiger partial charge is 0.119 e. The zero-order valence-corrected chi connectivity index (χ0v) is 7.27. The van der Waals surface area contributed by atoms with Crippen LogP contribution < -0.4 is 5.32 Å². The van der Waals surface area contributed by atoms with Gasteiger partial charge in [-0.2, -0.15) is 0 Å². The Morgan fingerprint density at radius 2 is 2.00 bits per heavy atom. The Hall–Kier alpha value is -1.06. The molecule has 0 aliphatic carbocycles. The van der Waals surface area contributed by atoms with Crippen molar-refractivity contribution < 1.29 is 10.2 Å². The van der Waals surface area contributed by atoms with Crippen molar-refractivity contribution in [1.82, 2.24) is 5.32 Å². The minimum atomic E-state index is -0.381. The van der Waals surface area contributed by atoms with Crippen LogP contribution in [0.4, 0.5) is 0 Å². The number of para-hydroxylation sites is 1. The van der Waals surface area contributed by atoms with Crippen molar-refractivity contribution in [3.63, 3.8) is 0 Å². The number of β-amino-alcohol motifs (C(OH)–C–C–N with tert-alkyl or cyclic N) is 1. The van der Waals surface area contributed by atoms with Gasteiger partial charge in [0.1, 0.15) is 5.75 Å². The number of phenolic OH excluding ortho intramolecular Hbond substituents is 1. The highest BCUT2D eigenvalue weighted by molar-refractivity contribution is 5.36. The number of aromatic hydroxyl groups is 1. The van der Waals surface area contributed by atoms with Gasteiger partial charge < -0.3 is 15.5 Å². The SMILES string of the molecule is Oc1ccccc1[C@@H]1CNC[C@H]1O. The Morgan fingerprint density at radius 3 is 2.62 bits per heavy atom. The molecule has 0 bridgehead atoms. The lowest BCUT2D eigenvalue weighted by Crippen LogP contribution is -2.16. The van der Waals surface area contributed by atoms with Crippen LogP contribution in [0.5, 0.6) is 5.75 Å². The summed E-state index contributed by atoms with van der Waals surface area (Å²) in [4.78, 5) is 0. The normalized spacial score (nSPS) is 27.8. The van der Waals surface area contributed by atoms with Crippen molar-refractivity contribution in [3.05, 3.63) is 29.8 Å². The summed E-state index contributed by atoms with van der Waals surface area (Å²) in [5.74, 6) is 0.302. The molecule has 0 amide bonds. The first kappa shape index (κ1) is 8.53. The third kappa shape index (κ3) is 1.53. The molecule has 0 radical (unpaired) electrons. The number of hydrogen-bond acceptors (Lipinski definition) is 3. The van der Waals surface area contributed by atoms with Crippen LogP contribution in [0.15, 0.2) is 24.3 Å². The molecule has 13 heavy (non-hydrogen) atoms. The summed E-state index contributed by atoms with van der Waals surface area (Å²) in [6.07, 6.45) is -0.381. The van der Waals surface area contributed by atoms with Crippen LogP contribution in [-0.2, 0) is 0 Å². The minimum Gasteiger partial charge on any atom is -0.508 e. The fourth-order valence-corrected chi connectivity index (χ4v) is 1.78. The van der Waals surface area contributed by atoms with Crippen LogP contribution in [-0.4, -0.2) is 29.4 Å². The van der Waals surface area contributed by atoms with Gasteiger partial charge in [-0.1, -0.05) is 18.2 Å². The van der Waals surface area contributed by atoms with Gasteiger partial charge in [0, 0.05) is 24.6 Å². The number of aliphatic hydroxyl groups is 1. The van der Waals surface area contributed by atoms with E-state index in [1.165, 1.54) is 0 Å². The lowest BCUT2D eigenvalue weighted by molar-refractivity contribution is 0.176. The van der Waals surface area contributed by atoms with Crippen molar-refractivity contribution in [2.24, 2.45) is 0 Å². The Balaban J connectivity index is 2.29. The molecular formula is C10H13NO2. The second-order valence-electron chi connectivity index (χ2n) is 3.39. The number of nitrogens with one attached hydrogen (secondary N) is 1. The maximum absolute atomic E-state index is 9.59. The Bertz CT molecular complexity index is 301. The molecule has 3 heteroatoms. The lowest BCUT2D eigenvalue weighted by Gasteiger charge is -2.14. The number of benzene rings is 1. The van der Waals surface area contributed by atoms with Crippen LogP contribution >= 0.6 is 0 Å². The van der Waals surface area contributed by atoms with E-state index < -0.39 is 0 Å². The number of hydrogen-bond donors (Lipinski definition) is 3. The predicted molar refractivity (Wildman–Crippen MR) is 49.7 cm³/mol. The van der Waals surface area contributed by atoms with Gasteiger partial charge in [-0.25, -0.2) is 0 Å². The highest BCUT2D eigenvalue weighted by atomic mass is 16.3. The molecule has 3 nitrogen and oxygen atoms in total. The molecule has 2 atom stereocenters. The van der Waals surface area contributed by atoms with E-state index in [1.54, 1.807) is 12.1 Å². The zero-order valence-electron chi connectivity index (χ0n) is 7.27. The largest absolute Gasteiger partial charge is 0.508 e. The molecular weight excluding hydrogens is 166 g/mol. The zero-order chi connectivity index (χ0) is 9.26.